The molecule has 1 aromatic carbocycles. The molecule has 1 unspecified atom stereocenters. The van der Waals surface area contributed by atoms with E-state index in [1.807, 2.05) is 0 Å². The minimum Gasteiger partial charge on any atom is -0.299 e. The van der Waals surface area contributed by atoms with Gasteiger partial charge in [-0.15, -0.1) is 0 Å². The summed E-state index contributed by atoms with van der Waals surface area (Å²) in [6, 6.07) is 4.19. The van der Waals surface area contributed by atoms with Gasteiger partial charge >= 0.3 is 6.18 Å². The van der Waals surface area contributed by atoms with Gasteiger partial charge in [0, 0.05) is 4.90 Å². The van der Waals surface area contributed by atoms with Crippen molar-refractivity contribution in [2.45, 2.75) is 18.0 Å². The van der Waals surface area contributed by atoms with Gasteiger partial charge in [0.25, 0.3) is 0 Å². The van der Waals surface area contributed by atoms with E-state index >= 15 is 0 Å². The van der Waals surface area contributed by atoms with Crippen LogP contribution in [-0.4, -0.2) is 15.7 Å². The number of benzene rings is 1. The molecule has 0 aliphatic heterocycles. The molecule has 2 nitrogen and oxygen atoms in total. The van der Waals surface area contributed by atoms with Crippen LogP contribution >= 0.6 is 0 Å². The molecule has 1 atom stereocenters. The van der Waals surface area contributed by atoms with E-state index in [-0.39, 0.29) is 16.4 Å². The Hall–Kier alpha value is -1.17. The summed E-state index contributed by atoms with van der Waals surface area (Å²) < 4.78 is 48.4. The molecular weight excluding hydrogens is 241 g/mol. The zero-order valence-electron chi connectivity index (χ0n) is 8.38. The van der Waals surface area contributed by atoms with E-state index in [9.17, 15) is 22.2 Å². The van der Waals surface area contributed by atoms with Crippen LogP contribution in [0.3, 0.4) is 0 Å². The minimum absolute atomic E-state index is 0.0185. The smallest absolute Gasteiger partial charge is 0.299 e. The van der Waals surface area contributed by atoms with E-state index in [2.05, 4.69) is 0 Å². The Labute approximate surface area is 92.9 Å². The van der Waals surface area contributed by atoms with E-state index < -0.39 is 22.5 Å². The second-order valence-electron chi connectivity index (χ2n) is 3.22. The van der Waals surface area contributed by atoms with Crippen LogP contribution in [0.1, 0.15) is 12.5 Å². The Morgan fingerprint density at radius 2 is 2.00 bits per heavy atom. The molecule has 0 bridgehead atoms. The van der Waals surface area contributed by atoms with Gasteiger partial charge in [0.15, 0.2) is 0 Å². The van der Waals surface area contributed by atoms with E-state index in [0.29, 0.717) is 0 Å². The molecule has 0 saturated heterocycles. The number of halogens is 3. The second-order valence-corrected chi connectivity index (χ2v) is 4.67. The quantitative estimate of drug-likeness (QED) is 0.825. The average Bonchev–Trinajstić information content (AvgIpc) is 2.15. The molecule has 0 amide bonds. The lowest BCUT2D eigenvalue weighted by atomic mass is 10.2. The van der Waals surface area contributed by atoms with Crippen molar-refractivity contribution in [3.63, 3.8) is 0 Å². The maximum absolute atomic E-state index is 12.3. The monoisotopic (exact) mass is 250 g/mol. The molecule has 6 heteroatoms. The van der Waals surface area contributed by atoms with Gasteiger partial charge in [0.2, 0.25) is 0 Å². The Kier molecular flexibility index (Phi) is 3.85. The third kappa shape index (κ3) is 3.44. The highest BCUT2D eigenvalue weighted by Crippen LogP contribution is 2.30. The molecule has 1 rings (SSSR count). The van der Waals surface area contributed by atoms with Crippen LogP contribution in [-0.2, 0) is 21.8 Å². The number of Topliss-reactive ketones (excluding diaryl/α,β-unsaturated/α-hetero) is 1. The van der Waals surface area contributed by atoms with Crippen molar-refractivity contribution < 1.29 is 22.2 Å². The van der Waals surface area contributed by atoms with Crippen LogP contribution < -0.4 is 0 Å². The first-order valence-electron chi connectivity index (χ1n) is 4.36. The first-order chi connectivity index (χ1) is 7.30. The van der Waals surface area contributed by atoms with Crippen LogP contribution in [0, 0.1) is 0 Å². The summed E-state index contributed by atoms with van der Waals surface area (Å²) in [5.74, 6) is -0.586. The van der Waals surface area contributed by atoms with Gasteiger partial charge in [0.05, 0.1) is 22.1 Å². The predicted octanol–water partition coefficient (Wildman–Crippen LogP) is 2.40. The molecule has 88 valence electrons. The lowest BCUT2D eigenvalue weighted by Crippen LogP contribution is -2.09. The fourth-order valence-electron chi connectivity index (χ4n) is 1.08. The third-order valence-electron chi connectivity index (χ3n) is 1.76. The van der Waals surface area contributed by atoms with Crippen molar-refractivity contribution in [3.05, 3.63) is 29.8 Å². The summed E-state index contributed by atoms with van der Waals surface area (Å²) in [6.45, 7) is 1.24. The van der Waals surface area contributed by atoms with Crippen molar-refractivity contribution >= 4 is 16.6 Å². The Bertz CT molecular complexity index is 426. The molecule has 0 aromatic heterocycles. The van der Waals surface area contributed by atoms with Gasteiger partial charge in [-0.05, 0) is 25.1 Å². The zero-order valence-corrected chi connectivity index (χ0v) is 9.19. The molecular formula is C10H9F3O2S. The van der Waals surface area contributed by atoms with E-state index in [0.717, 1.165) is 12.1 Å². The Morgan fingerprint density at radius 1 is 1.38 bits per heavy atom. The summed E-state index contributed by atoms with van der Waals surface area (Å²) in [6.07, 6.45) is -4.46. The maximum Gasteiger partial charge on any atom is 0.416 e. The number of rotatable bonds is 3. The first-order valence-corrected chi connectivity index (χ1v) is 5.67. The molecule has 0 aliphatic rings. The fourth-order valence-corrected chi connectivity index (χ4v) is 2.11. The summed E-state index contributed by atoms with van der Waals surface area (Å²) in [5, 5.41) is 0. The summed E-state index contributed by atoms with van der Waals surface area (Å²) in [5.41, 5.74) is -0.859. The highest BCUT2D eigenvalue weighted by atomic mass is 32.2. The standard InChI is InChI=1S/C10H9F3O2S/c1-7(14)6-16(15)9-4-2-3-8(5-9)10(11,12)13/h2-5H,6H2,1H3. The molecule has 0 aliphatic carbocycles. The number of ketones is 1. The van der Waals surface area contributed by atoms with Crippen molar-refractivity contribution in [2.75, 3.05) is 5.75 Å². The highest BCUT2D eigenvalue weighted by molar-refractivity contribution is 7.85. The van der Waals surface area contributed by atoms with Gasteiger partial charge in [0.1, 0.15) is 5.78 Å². The molecule has 0 heterocycles. The normalized spacial score (nSPS) is 13.5. The van der Waals surface area contributed by atoms with E-state index in [4.69, 9.17) is 0 Å². The van der Waals surface area contributed by atoms with Crippen molar-refractivity contribution in [1.29, 1.82) is 0 Å². The average molecular weight is 250 g/mol. The van der Waals surface area contributed by atoms with Crippen molar-refractivity contribution in [1.82, 2.24) is 0 Å². The fraction of sp³-hybridized carbons (Fsp3) is 0.300. The Balaban J connectivity index is 2.99. The van der Waals surface area contributed by atoms with Crippen LogP contribution in [0.25, 0.3) is 0 Å². The summed E-state index contributed by atoms with van der Waals surface area (Å²) >= 11 is 0. The minimum atomic E-state index is -4.46. The number of carbonyl (C=O) groups excluding carboxylic acids is 1. The topological polar surface area (TPSA) is 34.1 Å². The van der Waals surface area contributed by atoms with E-state index in [1.165, 1.54) is 19.1 Å². The van der Waals surface area contributed by atoms with Crippen molar-refractivity contribution in [3.8, 4) is 0 Å². The number of hydrogen-bond acceptors (Lipinski definition) is 2. The van der Waals surface area contributed by atoms with E-state index in [1.54, 1.807) is 0 Å². The van der Waals surface area contributed by atoms with Crippen LogP contribution in [0.2, 0.25) is 0 Å². The molecule has 0 spiro atoms. The molecule has 16 heavy (non-hydrogen) atoms. The molecule has 0 N–H and O–H groups in total. The SMILES string of the molecule is CC(=O)CS(=O)c1cccc(C(F)(F)F)c1. The number of alkyl halides is 3. The van der Waals surface area contributed by atoms with Gasteiger partial charge in [-0.2, -0.15) is 13.2 Å². The van der Waals surface area contributed by atoms with Crippen LogP contribution in [0.5, 0.6) is 0 Å². The van der Waals surface area contributed by atoms with Gasteiger partial charge < -0.3 is 0 Å². The largest absolute Gasteiger partial charge is 0.416 e. The third-order valence-corrected chi connectivity index (χ3v) is 3.21. The van der Waals surface area contributed by atoms with Gasteiger partial charge in [-0.1, -0.05) is 6.07 Å². The maximum atomic E-state index is 12.3. The molecule has 0 saturated carbocycles. The lowest BCUT2D eigenvalue weighted by Gasteiger charge is -2.07. The summed E-state index contributed by atoms with van der Waals surface area (Å²) in [4.78, 5) is 10.7. The zero-order chi connectivity index (χ0) is 12.3. The molecule has 0 radical (unpaired) electrons. The van der Waals surface area contributed by atoms with Gasteiger partial charge in [-0.25, -0.2) is 0 Å². The summed E-state index contributed by atoms with van der Waals surface area (Å²) in [7, 11) is -1.71. The predicted molar refractivity (Wildman–Crippen MR) is 53.4 cm³/mol. The molecule has 1 aromatic rings. The number of hydrogen-bond donors (Lipinski definition) is 0. The van der Waals surface area contributed by atoms with Crippen molar-refractivity contribution in [2.24, 2.45) is 0 Å². The lowest BCUT2D eigenvalue weighted by molar-refractivity contribution is -0.137. The molecule has 0 fully saturated rings. The second kappa shape index (κ2) is 4.78. The number of carbonyl (C=O) groups is 1. The van der Waals surface area contributed by atoms with Gasteiger partial charge in [-0.3, -0.25) is 9.00 Å². The van der Waals surface area contributed by atoms with Crippen LogP contribution in [0.15, 0.2) is 29.2 Å². The highest BCUT2D eigenvalue weighted by Gasteiger charge is 2.30. The van der Waals surface area contributed by atoms with Crippen LogP contribution in [0.4, 0.5) is 13.2 Å². The Morgan fingerprint density at radius 3 is 2.50 bits per heavy atom. The first kappa shape index (κ1) is 12.9.